The van der Waals surface area contributed by atoms with Gasteiger partial charge in [-0.15, -0.1) is 11.3 Å². The highest BCUT2D eigenvalue weighted by molar-refractivity contribution is 7.14. The number of hydrogen-bond acceptors (Lipinski definition) is 6. The van der Waals surface area contributed by atoms with E-state index in [0.717, 1.165) is 5.56 Å². The third-order valence-electron chi connectivity index (χ3n) is 4.07. The number of nitrogens with one attached hydrogen (secondary N) is 2. The third kappa shape index (κ3) is 3.96. The van der Waals surface area contributed by atoms with Gasteiger partial charge in [0.15, 0.2) is 17.8 Å². The van der Waals surface area contributed by atoms with Crippen molar-refractivity contribution < 1.29 is 19.1 Å². The van der Waals surface area contributed by atoms with E-state index in [1.807, 2.05) is 29.6 Å². The zero-order chi connectivity index (χ0) is 19.5. The summed E-state index contributed by atoms with van der Waals surface area (Å²) in [5, 5.41) is 7.86. The van der Waals surface area contributed by atoms with Gasteiger partial charge in [-0.05, 0) is 37.3 Å². The molecule has 1 aliphatic rings. The molecule has 1 atom stereocenters. The number of ether oxygens (including phenoxy) is 2. The van der Waals surface area contributed by atoms with Gasteiger partial charge in [-0.3, -0.25) is 14.9 Å². The van der Waals surface area contributed by atoms with Crippen LogP contribution in [-0.4, -0.2) is 29.5 Å². The molecule has 0 saturated heterocycles. The number of rotatable bonds is 5. The first-order chi connectivity index (χ1) is 13.6. The van der Waals surface area contributed by atoms with Crippen molar-refractivity contribution in [3.8, 4) is 22.8 Å². The lowest BCUT2D eigenvalue weighted by molar-refractivity contribution is -0.122. The topological polar surface area (TPSA) is 89.6 Å². The fraction of sp³-hybridized carbons (Fsp3) is 0.150. The molecule has 0 aliphatic carbocycles. The monoisotopic (exact) mass is 395 g/mol. The molecule has 2 N–H and O–H groups in total. The summed E-state index contributed by atoms with van der Waals surface area (Å²) in [6, 6.07) is 14.6. The minimum atomic E-state index is -0.516. The van der Waals surface area contributed by atoms with Crippen molar-refractivity contribution >= 4 is 34.0 Å². The molecule has 2 aromatic carbocycles. The van der Waals surface area contributed by atoms with E-state index in [4.69, 9.17) is 9.47 Å². The van der Waals surface area contributed by atoms with Crippen LogP contribution in [0.5, 0.6) is 11.5 Å². The lowest BCUT2D eigenvalue weighted by atomic mass is 10.1. The summed E-state index contributed by atoms with van der Waals surface area (Å²) in [5.74, 6) is 0.780. The Hall–Kier alpha value is -3.39. The maximum Gasteiger partial charge on any atom is 0.265 e. The van der Waals surface area contributed by atoms with Crippen molar-refractivity contribution in [2.24, 2.45) is 0 Å². The van der Waals surface area contributed by atoms with Crippen molar-refractivity contribution in [3.63, 3.8) is 0 Å². The van der Waals surface area contributed by atoms with Crippen LogP contribution in [0, 0.1) is 0 Å². The number of fused-ring (bicyclic) bond motifs is 1. The summed E-state index contributed by atoms with van der Waals surface area (Å²) >= 11 is 1.32. The van der Waals surface area contributed by atoms with Gasteiger partial charge in [-0.1, -0.05) is 18.2 Å². The maximum atomic E-state index is 12.1. The Morgan fingerprint density at radius 2 is 2.11 bits per heavy atom. The third-order valence-corrected chi connectivity index (χ3v) is 4.83. The number of carbonyl (C=O) groups is 2. The molecular weight excluding hydrogens is 378 g/mol. The lowest BCUT2D eigenvalue weighted by Gasteiger charge is -2.23. The molecule has 0 saturated carbocycles. The smallest absolute Gasteiger partial charge is 0.265 e. The van der Waals surface area contributed by atoms with Crippen LogP contribution in [0.1, 0.15) is 6.92 Å². The average molecular weight is 395 g/mol. The number of carbonyl (C=O) groups excluding carboxylic acids is 2. The van der Waals surface area contributed by atoms with Crippen LogP contribution in [-0.2, 0) is 9.59 Å². The Morgan fingerprint density at radius 1 is 1.29 bits per heavy atom. The van der Waals surface area contributed by atoms with E-state index >= 15 is 0 Å². The molecule has 28 heavy (non-hydrogen) atoms. The number of para-hydroxylation sites is 1. The second-order valence-corrected chi connectivity index (χ2v) is 7.01. The first-order valence-corrected chi connectivity index (χ1v) is 9.51. The van der Waals surface area contributed by atoms with Crippen molar-refractivity contribution in [1.82, 2.24) is 4.98 Å². The molecule has 1 unspecified atom stereocenters. The highest BCUT2D eigenvalue weighted by Gasteiger charge is 2.23. The molecule has 0 fully saturated rings. The van der Waals surface area contributed by atoms with Crippen LogP contribution in [0.15, 0.2) is 53.9 Å². The van der Waals surface area contributed by atoms with E-state index in [1.54, 1.807) is 31.2 Å². The zero-order valence-electron chi connectivity index (χ0n) is 15.0. The highest BCUT2D eigenvalue weighted by atomic mass is 32.1. The van der Waals surface area contributed by atoms with E-state index in [2.05, 4.69) is 15.6 Å². The van der Waals surface area contributed by atoms with E-state index in [0.29, 0.717) is 28.0 Å². The van der Waals surface area contributed by atoms with Crippen LogP contribution in [0.2, 0.25) is 0 Å². The Labute approximate surface area is 165 Å². The van der Waals surface area contributed by atoms with Crippen LogP contribution in [0.4, 0.5) is 10.8 Å². The normalized spacial score (nSPS) is 15.2. The summed E-state index contributed by atoms with van der Waals surface area (Å²) in [4.78, 5) is 28.3. The van der Waals surface area contributed by atoms with Gasteiger partial charge in [0.2, 0.25) is 0 Å². The molecule has 8 heteroatoms. The number of nitrogens with zero attached hydrogens (tertiary/aromatic N) is 1. The van der Waals surface area contributed by atoms with Gasteiger partial charge in [-0.2, -0.15) is 0 Å². The van der Waals surface area contributed by atoms with E-state index in [-0.39, 0.29) is 18.4 Å². The molecule has 1 aromatic heterocycles. The van der Waals surface area contributed by atoms with Gasteiger partial charge >= 0.3 is 0 Å². The second-order valence-electron chi connectivity index (χ2n) is 6.15. The number of thiazole rings is 1. The van der Waals surface area contributed by atoms with E-state index in [1.165, 1.54) is 11.3 Å². The van der Waals surface area contributed by atoms with Crippen molar-refractivity contribution in [3.05, 3.63) is 53.9 Å². The predicted molar refractivity (Wildman–Crippen MR) is 107 cm³/mol. The quantitative estimate of drug-likeness (QED) is 0.690. The summed E-state index contributed by atoms with van der Waals surface area (Å²) in [6.07, 6.45) is -0.516. The predicted octanol–water partition coefficient (Wildman–Crippen LogP) is 3.55. The molecule has 0 bridgehead atoms. The Bertz CT molecular complexity index is 1020. The lowest BCUT2D eigenvalue weighted by Crippen LogP contribution is -2.34. The maximum absolute atomic E-state index is 12.1. The van der Waals surface area contributed by atoms with Gasteiger partial charge in [0, 0.05) is 10.9 Å². The first kappa shape index (κ1) is 18.0. The van der Waals surface area contributed by atoms with Gasteiger partial charge in [0.05, 0.1) is 11.4 Å². The Morgan fingerprint density at radius 3 is 2.93 bits per heavy atom. The standard InChI is InChI=1S/C20H17N3O4S/c1-12-19(25)21-15-9-13(7-8-17(15)27-12)16-11-28-20(22-16)23-18(24)10-26-14-5-3-2-4-6-14/h2-9,11-12H,10H2,1H3,(H,21,25)(H,22,23,24). The van der Waals surface area contributed by atoms with E-state index in [9.17, 15) is 9.59 Å². The van der Waals surface area contributed by atoms with Gasteiger partial charge in [0.1, 0.15) is 11.5 Å². The summed E-state index contributed by atoms with van der Waals surface area (Å²) < 4.78 is 11.0. The molecule has 3 aromatic rings. The largest absolute Gasteiger partial charge is 0.484 e. The molecule has 7 nitrogen and oxygen atoms in total. The van der Waals surface area contributed by atoms with Gasteiger partial charge in [-0.25, -0.2) is 4.98 Å². The van der Waals surface area contributed by atoms with Gasteiger partial charge in [0.25, 0.3) is 11.8 Å². The summed E-state index contributed by atoms with van der Waals surface area (Å²) in [5.41, 5.74) is 2.12. The fourth-order valence-electron chi connectivity index (χ4n) is 2.65. The van der Waals surface area contributed by atoms with Crippen LogP contribution >= 0.6 is 11.3 Å². The number of anilines is 2. The Kier molecular flexibility index (Phi) is 4.94. The molecular formula is C20H17N3O4S. The zero-order valence-corrected chi connectivity index (χ0v) is 15.8. The minimum Gasteiger partial charge on any atom is -0.484 e. The first-order valence-electron chi connectivity index (χ1n) is 8.63. The van der Waals surface area contributed by atoms with Crippen LogP contribution < -0.4 is 20.1 Å². The molecule has 142 valence electrons. The van der Waals surface area contributed by atoms with Crippen molar-refractivity contribution in [2.75, 3.05) is 17.2 Å². The average Bonchev–Trinajstić information content (AvgIpc) is 3.16. The summed E-state index contributed by atoms with van der Waals surface area (Å²) in [7, 11) is 0. The van der Waals surface area contributed by atoms with Gasteiger partial charge < -0.3 is 14.8 Å². The number of aromatic nitrogens is 1. The van der Waals surface area contributed by atoms with Crippen LogP contribution in [0.25, 0.3) is 11.3 Å². The fourth-order valence-corrected chi connectivity index (χ4v) is 3.39. The number of benzene rings is 2. The second kappa shape index (κ2) is 7.69. The van der Waals surface area contributed by atoms with Crippen molar-refractivity contribution in [2.45, 2.75) is 13.0 Å². The molecule has 2 heterocycles. The van der Waals surface area contributed by atoms with E-state index < -0.39 is 6.10 Å². The summed E-state index contributed by atoms with van der Waals surface area (Å²) in [6.45, 7) is 1.60. The molecule has 1 aliphatic heterocycles. The number of amides is 2. The van der Waals surface area contributed by atoms with Crippen molar-refractivity contribution in [1.29, 1.82) is 0 Å². The highest BCUT2D eigenvalue weighted by Crippen LogP contribution is 2.34. The molecule has 0 radical (unpaired) electrons. The Balaban J connectivity index is 1.41. The molecule has 2 amide bonds. The SMILES string of the molecule is CC1Oc2ccc(-c3csc(NC(=O)COc4ccccc4)n3)cc2NC1=O. The minimum absolute atomic E-state index is 0.0979. The van der Waals surface area contributed by atoms with Crippen LogP contribution in [0.3, 0.4) is 0 Å². The molecule has 4 rings (SSSR count). The molecule has 0 spiro atoms. The number of hydrogen-bond donors (Lipinski definition) is 2.